The number of benzene rings is 1. The zero-order valence-electron chi connectivity index (χ0n) is 13.4. The van der Waals surface area contributed by atoms with Crippen LogP contribution in [0.2, 0.25) is 0 Å². The van der Waals surface area contributed by atoms with Crippen molar-refractivity contribution in [2.24, 2.45) is 0 Å². The van der Waals surface area contributed by atoms with Crippen LogP contribution in [0.1, 0.15) is 41.0 Å². The van der Waals surface area contributed by atoms with Gasteiger partial charge < -0.3 is 5.32 Å². The number of carbonyl (C=O) groups is 1. The predicted molar refractivity (Wildman–Crippen MR) is 91.7 cm³/mol. The van der Waals surface area contributed by atoms with E-state index < -0.39 is 0 Å². The van der Waals surface area contributed by atoms with Gasteiger partial charge in [0.05, 0.1) is 11.3 Å². The normalized spacial score (nSPS) is 10.5. The van der Waals surface area contributed by atoms with Crippen LogP contribution >= 0.6 is 11.8 Å². The first-order valence-corrected chi connectivity index (χ1v) is 8.62. The highest BCUT2D eigenvalue weighted by Gasteiger charge is 2.15. The maximum Gasteiger partial charge on any atom is 0.259 e. The molecule has 1 amide bonds. The van der Waals surface area contributed by atoms with Gasteiger partial charge in [-0.05, 0) is 37.1 Å². The van der Waals surface area contributed by atoms with Gasteiger partial charge >= 0.3 is 0 Å². The van der Waals surface area contributed by atoms with Crippen LogP contribution in [0.25, 0.3) is 0 Å². The molecule has 1 aromatic carbocycles. The van der Waals surface area contributed by atoms with Crippen molar-refractivity contribution in [3.05, 3.63) is 46.8 Å². The molecular formula is C17H21N3OS. The first kappa shape index (κ1) is 16.5. The molecule has 4 nitrogen and oxygen atoms in total. The van der Waals surface area contributed by atoms with Crippen molar-refractivity contribution < 1.29 is 4.79 Å². The summed E-state index contributed by atoms with van der Waals surface area (Å²) in [5.74, 6) is -0.145. The Balaban J connectivity index is 2.34. The number of hydrogen-bond acceptors (Lipinski definition) is 4. The molecule has 1 N–H and O–H groups in total. The first-order chi connectivity index (χ1) is 10.6. The molecule has 0 saturated carbocycles. The maximum absolute atomic E-state index is 12.6. The van der Waals surface area contributed by atoms with Gasteiger partial charge in [-0.2, -0.15) is 0 Å². The third-order valence-corrected chi connectivity index (χ3v) is 4.15. The standard InChI is InChI=1S/C17H21N3OS/c1-5-12-9-7-8-11(3)15(12)20-16(21)13-10-18-17(22-4)19-14(13)6-2/h7-10H,5-6H2,1-4H3,(H,20,21). The summed E-state index contributed by atoms with van der Waals surface area (Å²) in [5.41, 5.74) is 4.42. The number of aromatic nitrogens is 2. The van der Waals surface area contributed by atoms with Crippen LogP contribution in [-0.4, -0.2) is 22.1 Å². The number of amides is 1. The summed E-state index contributed by atoms with van der Waals surface area (Å²) < 4.78 is 0. The highest BCUT2D eigenvalue weighted by atomic mass is 32.2. The largest absolute Gasteiger partial charge is 0.321 e. The third kappa shape index (κ3) is 3.47. The highest BCUT2D eigenvalue weighted by Crippen LogP contribution is 2.22. The fourth-order valence-electron chi connectivity index (χ4n) is 2.34. The van der Waals surface area contributed by atoms with E-state index in [-0.39, 0.29) is 5.91 Å². The van der Waals surface area contributed by atoms with Gasteiger partial charge in [-0.15, -0.1) is 0 Å². The Kier molecular flexibility index (Phi) is 5.55. The fraction of sp³-hybridized carbons (Fsp3) is 0.353. The molecule has 0 fully saturated rings. The smallest absolute Gasteiger partial charge is 0.259 e. The number of aryl methyl sites for hydroxylation is 3. The summed E-state index contributed by atoms with van der Waals surface area (Å²) in [7, 11) is 0. The minimum absolute atomic E-state index is 0.145. The van der Waals surface area contributed by atoms with E-state index in [1.165, 1.54) is 11.8 Å². The van der Waals surface area contributed by atoms with Crippen LogP contribution in [0.4, 0.5) is 5.69 Å². The molecule has 5 heteroatoms. The molecule has 0 aliphatic rings. The molecule has 0 atom stereocenters. The molecule has 0 unspecified atom stereocenters. The number of thioether (sulfide) groups is 1. The summed E-state index contributed by atoms with van der Waals surface area (Å²) in [6, 6.07) is 6.05. The Bertz CT molecular complexity index is 686. The lowest BCUT2D eigenvalue weighted by molar-refractivity contribution is 0.102. The molecule has 116 valence electrons. The number of para-hydroxylation sites is 1. The lowest BCUT2D eigenvalue weighted by atomic mass is 10.1. The first-order valence-electron chi connectivity index (χ1n) is 7.40. The van der Waals surface area contributed by atoms with E-state index >= 15 is 0 Å². The number of carbonyl (C=O) groups excluding carboxylic acids is 1. The molecule has 0 aliphatic carbocycles. The van der Waals surface area contributed by atoms with Crippen LogP contribution in [0, 0.1) is 6.92 Å². The zero-order chi connectivity index (χ0) is 16.1. The second-order valence-corrected chi connectivity index (χ2v) is 5.76. The maximum atomic E-state index is 12.6. The van der Waals surface area contributed by atoms with Crippen molar-refractivity contribution in [1.29, 1.82) is 0 Å². The Labute approximate surface area is 135 Å². The van der Waals surface area contributed by atoms with E-state index in [2.05, 4.69) is 22.2 Å². The quantitative estimate of drug-likeness (QED) is 0.672. The van der Waals surface area contributed by atoms with E-state index in [1.807, 2.05) is 38.3 Å². The lowest BCUT2D eigenvalue weighted by Crippen LogP contribution is -2.17. The van der Waals surface area contributed by atoms with Gasteiger partial charge in [0.1, 0.15) is 0 Å². The number of anilines is 1. The summed E-state index contributed by atoms with van der Waals surface area (Å²) in [4.78, 5) is 21.3. The van der Waals surface area contributed by atoms with Crippen LogP contribution in [0.15, 0.2) is 29.6 Å². The number of nitrogens with zero attached hydrogens (tertiary/aromatic N) is 2. The Morgan fingerprint density at radius 2 is 2.05 bits per heavy atom. The minimum Gasteiger partial charge on any atom is -0.321 e. The van der Waals surface area contributed by atoms with E-state index in [0.29, 0.717) is 17.1 Å². The molecule has 0 saturated heterocycles. The Morgan fingerprint density at radius 3 is 2.68 bits per heavy atom. The van der Waals surface area contributed by atoms with Crippen molar-refractivity contribution >= 4 is 23.4 Å². The molecule has 0 bridgehead atoms. The zero-order valence-corrected chi connectivity index (χ0v) is 14.3. The number of hydrogen-bond donors (Lipinski definition) is 1. The Morgan fingerprint density at radius 1 is 1.27 bits per heavy atom. The molecule has 0 spiro atoms. The second-order valence-electron chi connectivity index (χ2n) is 4.99. The van der Waals surface area contributed by atoms with Gasteiger partial charge in [0.15, 0.2) is 5.16 Å². The molecule has 0 radical (unpaired) electrons. The van der Waals surface area contributed by atoms with Crippen LogP contribution in [0.3, 0.4) is 0 Å². The van der Waals surface area contributed by atoms with Crippen molar-refractivity contribution in [3.8, 4) is 0 Å². The van der Waals surface area contributed by atoms with Gasteiger partial charge in [-0.25, -0.2) is 9.97 Å². The van der Waals surface area contributed by atoms with Crippen LogP contribution < -0.4 is 5.32 Å². The summed E-state index contributed by atoms with van der Waals surface area (Å²) in [6.45, 7) is 6.08. The molecule has 22 heavy (non-hydrogen) atoms. The van der Waals surface area contributed by atoms with E-state index in [9.17, 15) is 4.79 Å². The molecule has 1 aromatic heterocycles. The summed E-state index contributed by atoms with van der Waals surface area (Å²) >= 11 is 1.48. The van der Waals surface area contributed by atoms with Gasteiger partial charge in [0, 0.05) is 11.9 Å². The van der Waals surface area contributed by atoms with Crippen LogP contribution in [-0.2, 0) is 12.8 Å². The summed E-state index contributed by atoms with van der Waals surface area (Å²) in [5, 5.41) is 3.73. The third-order valence-electron chi connectivity index (χ3n) is 3.59. The molecule has 2 aromatic rings. The van der Waals surface area contributed by atoms with E-state index in [1.54, 1.807) is 6.20 Å². The topological polar surface area (TPSA) is 54.9 Å². The second kappa shape index (κ2) is 7.40. The van der Waals surface area contributed by atoms with Crippen molar-refractivity contribution in [2.75, 3.05) is 11.6 Å². The average molecular weight is 315 g/mol. The van der Waals surface area contributed by atoms with Crippen LogP contribution in [0.5, 0.6) is 0 Å². The SMILES string of the molecule is CCc1cccc(C)c1NC(=O)c1cnc(SC)nc1CC. The molecule has 1 heterocycles. The van der Waals surface area contributed by atoms with Crippen molar-refractivity contribution in [3.63, 3.8) is 0 Å². The lowest BCUT2D eigenvalue weighted by Gasteiger charge is -2.14. The molecule has 2 rings (SSSR count). The molecular weight excluding hydrogens is 294 g/mol. The highest BCUT2D eigenvalue weighted by molar-refractivity contribution is 7.98. The van der Waals surface area contributed by atoms with Gasteiger partial charge in [0.2, 0.25) is 0 Å². The molecule has 0 aliphatic heterocycles. The number of rotatable bonds is 5. The average Bonchev–Trinajstić information content (AvgIpc) is 2.55. The van der Waals surface area contributed by atoms with Gasteiger partial charge in [-0.3, -0.25) is 4.79 Å². The van der Waals surface area contributed by atoms with E-state index in [0.717, 1.165) is 28.9 Å². The minimum atomic E-state index is -0.145. The summed E-state index contributed by atoms with van der Waals surface area (Å²) in [6.07, 6.45) is 5.12. The van der Waals surface area contributed by atoms with Gasteiger partial charge in [0.25, 0.3) is 5.91 Å². The van der Waals surface area contributed by atoms with Crippen molar-refractivity contribution in [1.82, 2.24) is 9.97 Å². The Hall–Kier alpha value is -1.88. The number of nitrogens with one attached hydrogen (secondary N) is 1. The fourth-order valence-corrected chi connectivity index (χ4v) is 2.70. The monoisotopic (exact) mass is 315 g/mol. The van der Waals surface area contributed by atoms with Crippen molar-refractivity contribution in [2.45, 2.75) is 38.8 Å². The van der Waals surface area contributed by atoms with E-state index in [4.69, 9.17) is 0 Å². The predicted octanol–water partition coefficient (Wildman–Crippen LogP) is 3.88. The van der Waals surface area contributed by atoms with Gasteiger partial charge in [-0.1, -0.05) is 43.8 Å².